The van der Waals surface area contributed by atoms with Gasteiger partial charge in [-0.1, -0.05) is 176 Å². The Morgan fingerprint density at radius 3 is 1.48 bits per heavy atom. The molecule has 58 heavy (non-hydrogen) atoms. The van der Waals surface area contributed by atoms with E-state index in [1.165, 1.54) is 5.56 Å². The van der Waals surface area contributed by atoms with Gasteiger partial charge in [0.2, 0.25) is 0 Å². The fourth-order valence-electron chi connectivity index (χ4n) is 7.62. The van der Waals surface area contributed by atoms with E-state index in [1.54, 1.807) is 0 Å². The molecule has 9 aromatic rings. The molecular weight excluding hydrogens is 711 g/mol. The van der Waals surface area contributed by atoms with Crippen LogP contribution >= 0.6 is 0 Å². The molecule has 0 saturated heterocycles. The van der Waals surface area contributed by atoms with E-state index >= 15 is 0 Å². The molecule has 1 aliphatic heterocycles. The third kappa shape index (κ3) is 7.27. The quantitative estimate of drug-likeness (QED) is 0.146. The highest BCUT2D eigenvalue weighted by Crippen LogP contribution is 2.39. The normalized spacial score (nSPS) is 13.1. The van der Waals surface area contributed by atoms with Crippen molar-refractivity contribution in [2.45, 2.75) is 18.9 Å². The largest absolute Gasteiger partial charge is 0.489 e. The summed E-state index contributed by atoms with van der Waals surface area (Å²) in [6, 6.07) is 66.3. The molecule has 6 nitrogen and oxygen atoms in total. The van der Waals surface area contributed by atoms with Gasteiger partial charge >= 0.3 is 0 Å². The first kappa shape index (κ1) is 34.9. The zero-order chi connectivity index (χ0) is 38.7. The number of rotatable bonds is 9. The van der Waals surface area contributed by atoms with Crippen molar-refractivity contribution in [2.24, 2.45) is 0 Å². The van der Waals surface area contributed by atoms with E-state index in [4.69, 9.17) is 29.7 Å². The van der Waals surface area contributed by atoms with Gasteiger partial charge in [0.15, 0.2) is 17.5 Å². The molecule has 0 amide bonds. The van der Waals surface area contributed by atoms with Gasteiger partial charge in [-0.3, -0.25) is 0 Å². The van der Waals surface area contributed by atoms with Crippen molar-refractivity contribution in [3.8, 4) is 84.7 Å². The molecule has 3 heterocycles. The van der Waals surface area contributed by atoms with E-state index in [1.807, 2.05) is 84.9 Å². The van der Waals surface area contributed by atoms with Crippen molar-refractivity contribution >= 4 is 0 Å². The van der Waals surface area contributed by atoms with Crippen molar-refractivity contribution in [1.29, 1.82) is 0 Å². The average Bonchev–Trinajstić information content (AvgIpc) is 3.72. The van der Waals surface area contributed by atoms with Gasteiger partial charge < -0.3 is 4.74 Å². The lowest BCUT2D eigenvalue weighted by molar-refractivity contribution is 0.231. The van der Waals surface area contributed by atoms with Crippen molar-refractivity contribution in [3.63, 3.8) is 0 Å². The summed E-state index contributed by atoms with van der Waals surface area (Å²) in [6.07, 6.45) is 1.24. The fourth-order valence-corrected chi connectivity index (χ4v) is 7.62. The molecular formula is C52H37N5O. The number of hydrogen-bond acceptors (Lipinski definition) is 6. The lowest BCUT2D eigenvalue weighted by atomic mass is 9.99. The first-order chi connectivity index (χ1) is 28.7. The predicted octanol–water partition coefficient (Wildman–Crippen LogP) is 11.9. The molecule has 0 radical (unpaired) electrons. The third-order valence-electron chi connectivity index (χ3n) is 10.5. The Labute approximate surface area is 337 Å². The SMILES string of the molecule is c1ccc(-c2cc(-c3cccc(-c4cccc(-c5nc(CC6Cc7cccc(-c8ccccc8)c7O6)nc(-c6ccccc6)n5)c4)c3)nc(-c3ccccc3)n2)cc1. The van der Waals surface area contributed by atoms with Crippen molar-refractivity contribution < 1.29 is 4.74 Å². The number of benzene rings is 7. The van der Waals surface area contributed by atoms with Crippen molar-refractivity contribution in [2.75, 3.05) is 0 Å². The molecule has 0 spiro atoms. The summed E-state index contributed by atoms with van der Waals surface area (Å²) < 4.78 is 6.67. The maximum atomic E-state index is 6.67. The first-order valence-corrected chi connectivity index (χ1v) is 19.6. The summed E-state index contributed by atoms with van der Waals surface area (Å²) in [5.74, 6) is 3.59. The molecule has 6 heteroatoms. The van der Waals surface area contributed by atoms with E-state index < -0.39 is 0 Å². The Bertz CT molecular complexity index is 2810. The summed E-state index contributed by atoms with van der Waals surface area (Å²) in [6.45, 7) is 0. The molecule has 0 fully saturated rings. The van der Waals surface area contributed by atoms with Crippen LogP contribution in [0.5, 0.6) is 5.75 Å². The topological polar surface area (TPSA) is 73.7 Å². The second kappa shape index (κ2) is 15.5. The van der Waals surface area contributed by atoms with Crippen LogP contribution in [0.4, 0.5) is 0 Å². The van der Waals surface area contributed by atoms with E-state index in [9.17, 15) is 0 Å². The second-order valence-corrected chi connectivity index (χ2v) is 14.4. The van der Waals surface area contributed by atoms with Crippen LogP contribution in [0, 0.1) is 0 Å². The molecule has 2 aromatic heterocycles. The van der Waals surface area contributed by atoms with Crippen LogP contribution < -0.4 is 4.74 Å². The minimum atomic E-state index is -0.0978. The Morgan fingerprint density at radius 1 is 0.379 bits per heavy atom. The van der Waals surface area contributed by atoms with Gasteiger partial charge in [0.05, 0.1) is 11.4 Å². The van der Waals surface area contributed by atoms with Gasteiger partial charge in [0.25, 0.3) is 0 Å². The van der Waals surface area contributed by atoms with E-state index in [2.05, 4.69) is 109 Å². The van der Waals surface area contributed by atoms with Crippen LogP contribution in [0.15, 0.2) is 194 Å². The van der Waals surface area contributed by atoms with Gasteiger partial charge in [-0.05, 0) is 40.5 Å². The van der Waals surface area contributed by atoms with Gasteiger partial charge in [-0.15, -0.1) is 0 Å². The molecule has 10 rings (SSSR count). The monoisotopic (exact) mass is 747 g/mol. The standard InChI is InChI=1S/C52H37N5O/c1-5-16-35(17-6-1)45-29-15-27-42-32-44(58-49(42)45)33-48-55-51(38-22-11-4-12-23-38)57-52(56-48)43-28-14-25-40(31-43)39-24-13-26-41(30-39)47-34-46(36-18-7-2-8-19-36)53-50(54-47)37-20-9-3-10-21-37/h1-31,34,44H,32-33H2. The summed E-state index contributed by atoms with van der Waals surface area (Å²) in [7, 11) is 0. The third-order valence-corrected chi connectivity index (χ3v) is 10.5. The van der Waals surface area contributed by atoms with E-state index in [-0.39, 0.29) is 6.10 Å². The van der Waals surface area contributed by atoms with Crippen molar-refractivity contribution in [3.05, 3.63) is 206 Å². The molecule has 1 aliphatic rings. The summed E-state index contributed by atoms with van der Waals surface area (Å²) in [4.78, 5) is 25.2. The summed E-state index contributed by atoms with van der Waals surface area (Å²) >= 11 is 0. The van der Waals surface area contributed by atoms with Gasteiger partial charge in [0.1, 0.15) is 17.7 Å². The van der Waals surface area contributed by atoms with Crippen LogP contribution in [0.25, 0.3) is 78.9 Å². The van der Waals surface area contributed by atoms with E-state index in [0.29, 0.717) is 29.7 Å². The number of nitrogens with zero attached hydrogens (tertiary/aromatic N) is 5. The number of aromatic nitrogens is 5. The number of ether oxygens (including phenoxy) is 1. The van der Waals surface area contributed by atoms with Crippen LogP contribution in [-0.2, 0) is 12.8 Å². The number of hydrogen-bond donors (Lipinski definition) is 0. The number of fused-ring (bicyclic) bond motifs is 1. The minimum absolute atomic E-state index is 0.0978. The molecule has 0 N–H and O–H groups in total. The molecule has 0 bridgehead atoms. The highest BCUT2D eigenvalue weighted by molar-refractivity contribution is 5.78. The molecule has 0 aliphatic carbocycles. The molecule has 7 aromatic carbocycles. The Morgan fingerprint density at radius 2 is 0.845 bits per heavy atom. The smallest absolute Gasteiger partial charge is 0.163 e. The minimum Gasteiger partial charge on any atom is -0.489 e. The van der Waals surface area contributed by atoms with Gasteiger partial charge in [0, 0.05) is 46.2 Å². The lowest BCUT2D eigenvalue weighted by Crippen LogP contribution is -2.19. The fraction of sp³-hybridized carbons (Fsp3) is 0.0577. The van der Waals surface area contributed by atoms with Gasteiger partial charge in [-0.2, -0.15) is 0 Å². The Balaban J connectivity index is 0.989. The highest BCUT2D eigenvalue weighted by Gasteiger charge is 2.27. The van der Waals surface area contributed by atoms with Crippen LogP contribution in [0.1, 0.15) is 11.4 Å². The van der Waals surface area contributed by atoms with Gasteiger partial charge in [-0.25, -0.2) is 24.9 Å². The molecule has 276 valence electrons. The average molecular weight is 748 g/mol. The zero-order valence-electron chi connectivity index (χ0n) is 31.6. The Kier molecular flexibility index (Phi) is 9.34. The zero-order valence-corrected chi connectivity index (χ0v) is 31.6. The highest BCUT2D eigenvalue weighted by atomic mass is 16.5. The maximum absolute atomic E-state index is 6.67. The molecule has 1 atom stereocenters. The summed E-state index contributed by atoms with van der Waals surface area (Å²) in [5, 5.41) is 0. The first-order valence-electron chi connectivity index (χ1n) is 19.6. The molecule has 1 unspecified atom stereocenters. The Hall–Kier alpha value is -7.57. The lowest BCUT2D eigenvalue weighted by Gasteiger charge is -2.14. The predicted molar refractivity (Wildman–Crippen MR) is 232 cm³/mol. The van der Waals surface area contributed by atoms with Crippen LogP contribution in [0.2, 0.25) is 0 Å². The van der Waals surface area contributed by atoms with E-state index in [0.717, 1.165) is 73.6 Å². The maximum Gasteiger partial charge on any atom is 0.163 e. The van der Waals surface area contributed by atoms with Crippen LogP contribution in [0.3, 0.4) is 0 Å². The summed E-state index contributed by atoms with van der Waals surface area (Å²) in [5.41, 5.74) is 12.1. The second-order valence-electron chi connectivity index (χ2n) is 14.4. The number of para-hydroxylation sites is 1. The van der Waals surface area contributed by atoms with Crippen LogP contribution in [-0.4, -0.2) is 31.0 Å². The molecule has 0 saturated carbocycles. The van der Waals surface area contributed by atoms with Crippen molar-refractivity contribution in [1.82, 2.24) is 24.9 Å².